The molecule has 2 aromatic carbocycles. The molecule has 1 fully saturated rings. The van der Waals surface area contributed by atoms with Crippen LogP contribution in [0.5, 0.6) is 5.75 Å². The smallest absolute Gasteiger partial charge is 0.329 e. The van der Waals surface area contributed by atoms with Gasteiger partial charge in [0.05, 0.1) is 36.4 Å². The van der Waals surface area contributed by atoms with Gasteiger partial charge in [-0.25, -0.2) is 4.79 Å². The fraction of sp³-hybridized carbons (Fsp3) is 0.462. The Morgan fingerprint density at radius 2 is 1.85 bits per heavy atom. The van der Waals surface area contributed by atoms with Crippen molar-refractivity contribution in [3.8, 4) is 5.75 Å². The molecular formula is C26H30N4O4. The minimum Gasteiger partial charge on any atom is -0.488 e. The molecule has 3 aromatic rings. The Balaban J connectivity index is 1.49. The fourth-order valence-electron chi connectivity index (χ4n) is 5.58. The molecule has 4 heterocycles. The van der Waals surface area contributed by atoms with Crippen molar-refractivity contribution in [2.75, 3.05) is 39.5 Å². The maximum atomic E-state index is 13.9. The average Bonchev–Trinajstić information content (AvgIpc) is 3.36. The number of oxime groups is 1. The summed E-state index contributed by atoms with van der Waals surface area (Å²) in [6, 6.07) is 14.1. The van der Waals surface area contributed by atoms with Gasteiger partial charge in [-0.15, -0.1) is 0 Å². The van der Waals surface area contributed by atoms with Gasteiger partial charge in [0.15, 0.2) is 0 Å². The third-order valence-corrected chi connectivity index (χ3v) is 7.35. The van der Waals surface area contributed by atoms with Gasteiger partial charge < -0.3 is 14.3 Å². The zero-order chi connectivity index (χ0) is 23.2. The van der Waals surface area contributed by atoms with E-state index in [1.54, 1.807) is 0 Å². The van der Waals surface area contributed by atoms with Crippen LogP contribution in [0.15, 0.2) is 52.4 Å². The van der Waals surface area contributed by atoms with Gasteiger partial charge in [-0.3, -0.25) is 14.0 Å². The first-order valence-corrected chi connectivity index (χ1v) is 12.1. The Morgan fingerprint density at radius 1 is 1.06 bits per heavy atom. The minimum atomic E-state index is -0.171. The molecule has 3 atom stereocenters. The van der Waals surface area contributed by atoms with Gasteiger partial charge in [-0.05, 0) is 25.5 Å². The molecule has 6 rings (SSSR count). The molecule has 178 valence electrons. The van der Waals surface area contributed by atoms with Crippen LogP contribution in [0, 0.1) is 0 Å². The molecule has 3 unspecified atom stereocenters. The predicted octanol–water partition coefficient (Wildman–Crippen LogP) is 3.00. The highest BCUT2D eigenvalue weighted by molar-refractivity contribution is 5.94. The normalized spacial score (nSPS) is 24.6. The van der Waals surface area contributed by atoms with Crippen LogP contribution in [0.4, 0.5) is 0 Å². The lowest BCUT2D eigenvalue weighted by Gasteiger charge is -2.28. The summed E-state index contributed by atoms with van der Waals surface area (Å²) < 4.78 is 15.8. The fourth-order valence-corrected chi connectivity index (χ4v) is 5.58. The number of aromatic nitrogens is 2. The first-order valence-electron chi connectivity index (χ1n) is 12.1. The largest absolute Gasteiger partial charge is 0.488 e. The molecule has 3 aliphatic rings. The maximum Gasteiger partial charge on any atom is 0.329 e. The number of benzene rings is 2. The van der Waals surface area contributed by atoms with Crippen LogP contribution in [0.25, 0.3) is 11.0 Å². The summed E-state index contributed by atoms with van der Waals surface area (Å²) in [5.74, 6) is 0.789. The van der Waals surface area contributed by atoms with Gasteiger partial charge in [0.1, 0.15) is 24.0 Å². The van der Waals surface area contributed by atoms with Crippen molar-refractivity contribution >= 4 is 16.7 Å². The van der Waals surface area contributed by atoms with E-state index in [1.807, 2.05) is 41.2 Å². The van der Waals surface area contributed by atoms with Gasteiger partial charge in [0.25, 0.3) is 0 Å². The van der Waals surface area contributed by atoms with E-state index in [0.717, 1.165) is 66.5 Å². The lowest BCUT2D eigenvalue weighted by atomic mass is 9.89. The van der Waals surface area contributed by atoms with Crippen LogP contribution in [-0.2, 0) is 16.1 Å². The third-order valence-electron chi connectivity index (χ3n) is 7.35. The quantitative estimate of drug-likeness (QED) is 0.583. The van der Waals surface area contributed by atoms with E-state index in [1.165, 1.54) is 0 Å². The van der Waals surface area contributed by atoms with E-state index >= 15 is 0 Å². The Labute approximate surface area is 198 Å². The molecule has 0 aliphatic carbocycles. The Hall–Kier alpha value is -3.10. The molecule has 0 bridgehead atoms. The molecule has 3 aliphatic heterocycles. The van der Waals surface area contributed by atoms with Gasteiger partial charge in [-0.1, -0.05) is 41.6 Å². The van der Waals surface area contributed by atoms with E-state index in [-0.39, 0.29) is 23.8 Å². The maximum absolute atomic E-state index is 13.9. The van der Waals surface area contributed by atoms with Gasteiger partial charge >= 0.3 is 5.69 Å². The lowest BCUT2D eigenvalue weighted by Crippen LogP contribution is -2.40. The van der Waals surface area contributed by atoms with Crippen molar-refractivity contribution in [3.63, 3.8) is 0 Å². The van der Waals surface area contributed by atoms with Gasteiger partial charge in [-0.2, -0.15) is 0 Å². The van der Waals surface area contributed by atoms with Gasteiger partial charge in [0, 0.05) is 31.7 Å². The zero-order valence-corrected chi connectivity index (χ0v) is 19.6. The molecule has 34 heavy (non-hydrogen) atoms. The predicted molar refractivity (Wildman–Crippen MR) is 130 cm³/mol. The monoisotopic (exact) mass is 462 g/mol. The first kappa shape index (κ1) is 21.4. The van der Waals surface area contributed by atoms with Crippen molar-refractivity contribution in [2.45, 2.75) is 38.5 Å². The average molecular weight is 463 g/mol. The summed E-state index contributed by atoms with van der Waals surface area (Å²) in [5.41, 5.74) is 4.83. The molecule has 0 N–H and O–H groups in total. The second kappa shape index (κ2) is 8.60. The second-order valence-corrected chi connectivity index (χ2v) is 9.37. The minimum absolute atomic E-state index is 0.00734. The van der Waals surface area contributed by atoms with Crippen LogP contribution < -0.4 is 10.4 Å². The zero-order valence-electron chi connectivity index (χ0n) is 19.6. The highest BCUT2D eigenvalue weighted by Gasteiger charge is 2.37. The van der Waals surface area contributed by atoms with Crippen LogP contribution in [0.3, 0.4) is 0 Å². The summed E-state index contributed by atoms with van der Waals surface area (Å²) in [4.78, 5) is 21.8. The highest BCUT2D eigenvalue weighted by Crippen LogP contribution is 2.42. The lowest BCUT2D eigenvalue weighted by molar-refractivity contribution is 0.0364. The molecule has 0 amide bonds. The number of hydrogen-bond donors (Lipinski definition) is 0. The van der Waals surface area contributed by atoms with E-state index in [2.05, 4.69) is 34.3 Å². The van der Waals surface area contributed by atoms with Crippen molar-refractivity contribution in [1.29, 1.82) is 0 Å². The number of ether oxygens (including phenoxy) is 2. The number of rotatable bonds is 5. The Bertz CT molecular complexity index is 1290. The topological polar surface area (TPSA) is 70.2 Å². The van der Waals surface area contributed by atoms with Crippen LogP contribution in [-0.4, -0.2) is 65.3 Å². The van der Waals surface area contributed by atoms with Crippen molar-refractivity contribution in [1.82, 2.24) is 14.0 Å². The SMILES string of the molecule is CC1=NOC(C)C1c1ccc2c3c1OCC(c1ccccc1)n3c(=O)n2CCN1CCOCC1. The van der Waals surface area contributed by atoms with Gasteiger partial charge in [0.2, 0.25) is 0 Å². The van der Waals surface area contributed by atoms with Crippen LogP contribution in [0.2, 0.25) is 0 Å². The van der Waals surface area contributed by atoms with Crippen molar-refractivity contribution in [2.24, 2.45) is 5.16 Å². The number of morpholine rings is 1. The third kappa shape index (κ3) is 3.44. The highest BCUT2D eigenvalue weighted by atomic mass is 16.6. The Kier molecular flexibility index (Phi) is 5.42. The summed E-state index contributed by atoms with van der Waals surface area (Å²) in [7, 11) is 0. The summed E-state index contributed by atoms with van der Waals surface area (Å²) >= 11 is 0. The summed E-state index contributed by atoms with van der Waals surface area (Å²) in [6.45, 7) is 9.16. The van der Waals surface area contributed by atoms with E-state index in [9.17, 15) is 4.79 Å². The van der Waals surface area contributed by atoms with E-state index in [0.29, 0.717) is 13.2 Å². The Morgan fingerprint density at radius 3 is 2.59 bits per heavy atom. The summed E-state index contributed by atoms with van der Waals surface area (Å²) in [5, 5.41) is 4.21. The van der Waals surface area contributed by atoms with Crippen molar-refractivity contribution in [3.05, 3.63) is 64.1 Å². The molecule has 1 saturated heterocycles. The molecule has 0 saturated carbocycles. The van der Waals surface area contributed by atoms with Crippen molar-refractivity contribution < 1.29 is 14.3 Å². The molecule has 8 nitrogen and oxygen atoms in total. The number of hydrogen-bond acceptors (Lipinski definition) is 6. The second-order valence-electron chi connectivity index (χ2n) is 9.37. The number of nitrogens with zero attached hydrogens (tertiary/aromatic N) is 4. The molecule has 0 spiro atoms. The van der Waals surface area contributed by atoms with E-state index < -0.39 is 0 Å². The number of imidazole rings is 1. The standard InChI is InChI=1S/C26H30N4O4/c1-17-23(18(2)34-27-17)20-8-9-21-24-25(20)33-16-22(19-6-4-3-5-7-19)30(24)26(31)29(21)11-10-28-12-14-32-15-13-28/h3-9,18,22-23H,10-16H2,1-2H3. The first-order chi connectivity index (χ1) is 16.6. The molecule has 8 heteroatoms. The molecular weight excluding hydrogens is 432 g/mol. The molecule has 1 aromatic heterocycles. The molecule has 0 radical (unpaired) electrons. The van der Waals surface area contributed by atoms with Crippen LogP contribution in [0.1, 0.15) is 36.9 Å². The van der Waals surface area contributed by atoms with Crippen LogP contribution >= 0.6 is 0 Å². The summed E-state index contributed by atoms with van der Waals surface area (Å²) in [6.07, 6.45) is -0.0762. The van der Waals surface area contributed by atoms with E-state index in [4.69, 9.17) is 14.3 Å².